The van der Waals surface area contributed by atoms with Crippen molar-refractivity contribution in [2.45, 2.75) is 25.7 Å². The number of carbonyl (C=O) groups excluding carboxylic acids is 1. The Kier molecular flexibility index (Phi) is 3.77. The molecule has 1 amide bonds. The number of benzene rings is 1. The van der Waals surface area contributed by atoms with Crippen molar-refractivity contribution < 1.29 is 4.79 Å². The molecule has 2 aromatic rings. The van der Waals surface area contributed by atoms with E-state index in [1.807, 2.05) is 36.4 Å². The topological polar surface area (TPSA) is 42.0 Å². The molecular weight excluding hydrogens is 248 g/mol. The van der Waals surface area contributed by atoms with Crippen LogP contribution in [0.5, 0.6) is 0 Å². The zero-order valence-electron chi connectivity index (χ0n) is 11.4. The molecule has 0 aliphatic heterocycles. The van der Waals surface area contributed by atoms with Gasteiger partial charge in [-0.05, 0) is 48.2 Å². The maximum atomic E-state index is 12.1. The maximum absolute atomic E-state index is 12.1. The van der Waals surface area contributed by atoms with Crippen molar-refractivity contribution in [3.05, 3.63) is 48.8 Å². The zero-order chi connectivity index (χ0) is 13.8. The number of nitrogens with zero attached hydrogens (tertiary/aromatic N) is 1. The molecule has 1 fully saturated rings. The highest BCUT2D eigenvalue weighted by Crippen LogP contribution is 2.26. The van der Waals surface area contributed by atoms with Gasteiger partial charge in [0.15, 0.2) is 0 Å². The Hall–Kier alpha value is -2.16. The first-order chi connectivity index (χ1) is 9.83. The van der Waals surface area contributed by atoms with Crippen LogP contribution in [0.25, 0.3) is 11.1 Å². The molecule has 0 spiro atoms. The minimum absolute atomic E-state index is 0.166. The van der Waals surface area contributed by atoms with Gasteiger partial charge in [-0.1, -0.05) is 25.0 Å². The molecule has 102 valence electrons. The van der Waals surface area contributed by atoms with Crippen LogP contribution in [0.4, 0.5) is 5.69 Å². The molecule has 0 bridgehead atoms. The van der Waals surface area contributed by atoms with Crippen molar-refractivity contribution >= 4 is 11.6 Å². The normalized spacial score (nSPS) is 15.2. The van der Waals surface area contributed by atoms with Gasteiger partial charge in [-0.3, -0.25) is 9.78 Å². The number of pyridine rings is 1. The van der Waals surface area contributed by atoms with Crippen LogP contribution in [-0.4, -0.2) is 10.9 Å². The summed E-state index contributed by atoms with van der Waals surface area (Å²) in [6.07, 6.45) is 7.98. The van der Waals surface area contributed by atoms with Gasteiger partial charge >= 0.3 is 0 Å². The predicted molar refractivity (Wildman–Crippen MR) is 80.3 cm³/mol. The quantitative estimate of drug-likeness (QED) is 0.916. The molecule has 0 saturated heterocycles. The van der Waals surface area contributed by atoms with Gasteiger partial charge in [-0.15, -0.1) is 0 Å². The molecule has 1 aromatic carbocycles. The summed E-state index contributed by atoms with van der Waals surface area (Å²) in [6, 6.07) is 11.9. The highest BCUT2D eigenvalue weighted by Gasteiger charge is 2.22. The number of carbonyl (C=O) groups is 1. The second-order valence-corrected chi connectivity index (χ2v) is 5.28. The Balaban J connectivity index is 1.68. The summed E-state index contributed by atoms with van der Waals surface area (Å²) in [6.45, 7) is 0. The third-order valence-electron chi connectivity index (χ3n) is 3.89. The largest absolute Gasteiger partial charge is 0.326 e. The highest BCUT2D eigenvalue weighted by atomic mass is 16.1. The number of hydrogen-bond acceptors (Lipinski definition) is 2. The average Bonchev–Trinajstić information content (AvgIpc) is 3.03. The van der Waals surface area contributed by atoms with Crippen molar-refractivity contribution in [1.82, 2.24) is 4.98 Å². The summed E-state index contributed by atoms with van der Waals surface area (Å²) in [7, 11) is 0. The number of hydrogen-bond donors (Lipinski definition) is 1. The lowest BCUT2D eigenvalue weighted by atomic mass is 10.1. The Morgan fingerprint density at radius 2 is 1.55 bits per heavy atom. The summed E-state index contributed by atoms with van der Waals surface area (Å²) in [4.78, 5) is 16.1. The van der Waals surface area contributed by atoms with Crippen molar-refractivity contribution in [1.29, 1.82) is 0 Å². The first-order valence-corrected chi connectivity index (χ1v) is 7.14. The van der Waals surface area contributed by atoms with Crippen molar-refractivity contribution in [3.8, 4) is 11.1 Å². The fourth-order valence-corrected chi connectivity index (χ4v) is 2.72. The smallest absolute Gasteiger partial charge is 0.227 e. The maximum Gasteiger partial charge on any atom is 0.227 e. The Bertz CT molecular complexity index is 572. The van der Waals surface area contributed by atoms with E-state index in [4.69, 9.17) is 0 Å². The van der Waals surface area contributed by atoms with Crippen LogP contribution in [0.1, 0.15) is 25.7 Å². The van der Waals surface area contributed by atoms with Gasteiger partial charge in [0, 0.05) is 24.0 Å². The second kappa shape index (κ2) is 5.87. The lowest BCUT2D eigenvalue weighted by molar-refractivity contribution is -0.119. The number of aromatic nitrogens is 1. The molecule has 1 heterocycles. The Labute approximate surface area is 119 Å². The van der Waals surface area contributed by atoms with E-state index in [0.717, 1.165) is 29.7 Å². The summed E-state index contributed by atoms with van der Waals surface area (Å²) >= 11 is 0. The van der Waals surface area contributed by atoms with E-state index in [0.29, 0.717) is 0 Å². The fraction of sp³-hybridized carbons (Fsp3) is 0.294. The molecule has 1 aromatic heterocycles. The average molecular weight is 266 g/mol. The number of rotatable bonds is 3. The summed E-state index contributed by atoms with van der Waals surface area (Å²) in [5, 5.41) is 3.01. The SMILES string of the molecule is O=C(Nc1ccc(-c2ccncc2)cc1)C1CCCC1. The van der Waals surface area contributed by atoms with Gasteiger partial charge in [0.1, 0.15) is 0 Å². The molecule has 0 unspecified atom stereocenters. The Morgan fingerprint density at radius 1 is 0.950 bits per heavy atom. The molecule has 0 radical (unpaired) electrons. The fourth-order valence-electron chi connectivity index (χ4n) is 2.72. The Morgan fingerprint density at radius 3 is 2.20 bits per heavy atom. The van der Waals surface area contributed by atoms with E-state index in [9.17, 15) is 4.79 Å². The summed E-state index contributed by atoms with van der Waals surface area (Å²) < 4.78 is 0. The monoisotopic (exact) mass is 266 g/mol. The first kappa shape index (κ1) is 12.9. The minimum atomic E-state index is 0.166. The minimum Gasteiger partial charge on any atom is -0.326 e. The van der Waals surface area contributed by atoms with Crippen LogP contribution >= 0.6 is 0 Å². The van der Waals surface area contributed by atoms with Gasteiger partial charge in [-0.25, -0.2) is 0 Å². The third kappa shape index (κ3) is 2.87. The zero-order valence-corrected chi connectivity index (χ0v) is 11.4. The number of amides is 1. The molecular formula is C17H18N2O. The molecule has 1 saturated carbocycles. The van der Waals surface area contributed by atoms with Crippen LogP contribution < -0.4 is 5.32 Å². The molecule has 1 aliphatic carbocycles. The van der Waals surface area contributed by atoms with Crippen LogP contribution in [0, 0.1) is 5.92 Å². The number of anilines is 1. The van der Waals surface area contributed by atoms with E-state index < -0.39 is 0 Å². The molecule has 3 heteroatoms. The second-order valence-electron chi connectivity index (χ2n) is 5.28. The first-order valence-electron chi connectivity index (χ1n) is 7.14. The summed E-state index contributed by atoms with van der Waals surface area (Å²) in [5.74, 6) is 0.369. The van der Waals surface area contributed by atoms with Gasteiger partial charge in [0.2, 0.25) is 5.91 Å². The molecule has 1 N–H and O–H groups in total. The number of nitrogens with one attached hydrogen (secondary N) is 1. The molecule has 20 heavy (non-hydrogen) atoms. The van der Waals surface area contributed by atoms with E-state index in [2.05, 4.69) is 10.3 Å². The van der Waals surface area contributed by atoms with E-state index in [-0.39, 0.29) is 11.8 Å². The van der Waals surface area contributed by atoms with Crippen LogP contribution in [-0.2, 0) is 4.79 Å². The van der Waals surface area contributed by atoms with E-state index in [1.165, 1.54) is 12.8 Å². The standard InChI is InChI=1S/C17H18N2O/c20-17(15-3-1-2-4-15)19-16-7-5-13(6-8-16)14-9-11-18-12-10-14/h5-12,15H,1-4H2,(H,19,20). The van der Waals surface area contributed by atoms with Crippen LogP contribution in [0.3, 0.4) is 0 Å². The highest BCUT2D eigenvalue weighted by molar-refractivity contribution is 5.92. The van der Waals surface area contributed by atoms with Gasteiger partial charge in [-0.2, -0.15) is 0 Å². The molecule has 3 nitrogen and oxygen atoms in total. The third-order valence-corrected chi connectivity index (χ3v) is 3.89. The van der Waals surface area contributed by atoms with E-state index >= 15 is 0 Å². The predicted octanol–water partition coefficient (Wildman–Crippen LogP) is 3.88. The molecule has 1 aliphatic rings. The lowest BCUT2D eigenvalue weighted by Gasteiger charge is -2.10. The van der Waals surface area contributed by atoms with Crippen LogP contribution in [0.2, 0.25) is 0 Å². The molecule has 3 rings (SSSR count). The summed E-state index contributed by atoms with van der Waals surface area (Å²) in [5.41, 5.74) is 3.14. The van der Waals surface area contributed by atoms with E-state index in [1.54, 1.807) is 12.4 Å². The van der Waals surface area contributed by atoms with Crippen molar-refractivity contribution in [2.24, 2.45) is 5.92 Å². The van der Waals surface area contributed by atoms with Crippen LogP contribution in [0.15, 0.2) is 48.8 Å². The van der Waals surface area contributed by atoms with Gasteiger partial charge in [0.05, 0.1) is 0 Å². The molecule has 0 atom stereocenters. The van der Waals surface area contributed by atoms with Gasteiger partial charge in [0.25, 0.3) is 0 Å². The van der Waals surface area contributed by atoms with Crippen molar-refractivity contribution in [3.63, 3.8) is 0 Å². The van der Waals surface area contributed by atoms with Crippen molar-refractivity contribution in [2.75, 3.05) is 5.32 Å². The lowest BCUT2D eigenvalue weighted by Crippen LogP contribution is -2.20. The van der Waals surface area contributed by atoms with Gasteiger partial charge < -0.3 is 5.32 Å².